The predicted molar refractivity (Wildman–Crippen MR) is 80.5 cm³/mol. The summed E-state index contributed by atoms with van der Waals surface area (Å²) < 4.78 is 33.6. The van der Waals surface area contributed by atoms with Crippen LogP contribution in [0.3, 0.4) is 0 Å². The lowest BCUT2D eigenvalue weighted by molar-refractivity contribution is 0.135. The highest BCUT2D eigenvalue weighted by Crippen LogP contribution is 2.23. The topological polar surface area (TPSA) is 89.9 Å². The lowest BCUT2D eigenvalue weighted by Gasteiger charge is -2.20. The van der Waals surface area contributed by atoms with Crippen LogP contribution in [0.2, 0.25) is 0 Å². The van der Waals surface area contributed by atoms with Gasteiger partial charge < -0.3 is 10.5 Å². The number of ether oxygens (including phenoxy) is 1. The van der Waals surface area contributed by atoms with Gasteiger partial charge in [0, 0.05) is 25.9 Å². The van der Waals surface area contributed by atoms with E-state index in [0.717, 1.165) is 0 Å². The number of aromatic nitrogens is 2. The van der Waals surface area contributed by atoms with Crippen LogP contribution in [-0.4, -0.2) is 48.4 Å². The fourth-order valence-corrected chi connectivity index (χ4v) is 3.74. The van der Waals surface area contributed by atoms with Gasteiger partial charge in [0.15, 0.2) is 10.8 Å². The molecule has 0 radical (unpaired) electrons. The van der Waals surface area contributed by atoms with E-state index in [0.29, 0.717) is 25.4 Å². The molecule has 0 saturated heterocycles. The van der Waals surface area contributed by atoms with Crippen molar-refractivity contribution in [1.82, 2.24) is 13.7 Å². The molecule has 0 aliphatic carbocycles. The second kappa shape index (κ2) is 6.42. The van der Waals surface area contributed by atoms with Gasteiger partial charge in [-0.3, -0.25) is 4.40 Å². The van der Waals surface area contributed by atoms with Crippen molar-refractivity contribution in [1.29, 1.82) is 0 Å². The maximum atomic E-state index is 12.8. The summed E-state index contributed by atoms with van der Waals surface area (Å²) in [7, 11) is -3.72. The minimum absolute atomic E-state index is 0.0102. The quantitative estimate of drug-likeness (QED) is 0.769. The van der Waals surface area contributed by atoms with Crippen molar-refractivity contribution < 1.29 is 13.2 Å². The third kappa shape index (κ3) is 3.02. The lowest BCUT2D eigenvalue weighted by Crippen LogP contribution is -2.35. The minimum atomic E-state index is -3.72. The van der Waals surface area contributed by atoms with Gasteiger partial charge in [0.2, 0.25) is 0 Å². The summed E-state index contributed by atoms with van der Waals surface area (Å²) >= 11 is 0. The molecule has 2 rings (SSSR count). The van der Waals surface area contributed by atoms with Crippen LogP contribution < -0.4 is 5.73 Å². The number of nitrogens with zero attached hydrogens (tertiary/aromatic N) is 3. The Morgan fingerprint density at radius 1 is 1.38 bits per heavy atom. The highest BCUT2D eigenvalue weighted by Gasteiger charge is 2.29. The number of anilines is 1. The number of likely N-dealkylation sites (N-methyl/N-ethyl adjacent to an activating group) is 1. The number of hydrogen-bond acceptors (Lipinski definition) is 5. The van der Waals surface area contributed by atoms with Crippen molar-refractivity contribution >= 4 is 21.5 Å². The standard InChI is InChI=1S/C13H20N4O3S/c1-3-16(9-10-20-4-2)21(18,19)13-12(14)15-11-7-5-6-8-17(11)13/h5-8H,3-4,9-10,14H2,1-2H3. The average Bonchev–Trinajstić information content (AvgIpc) is 2.79. The van der Waals surface area contributed by atoms with Crippen molar-refractivity contribution in [2.24, 2.45) is 0 Å². The molecule has 0 unspecified atom stereocenters. The van der Waals surface area contributed by atoms with Gasteiger partial charge in [-0.05, 0) is 19.1 Å². The molecule has 0 atom stereocenters. The molecule has 0 fully saturated rings. The van der Waals surface area contributed by atoms with E-state index in [9.17, 15) is 8.42 Å². The SMILES string of the molecule is CCOCCN(CC)S(=O)(=O)c1c(N)nc2ccccn12. The first kappa shape index (κ1) is 15.7. The Labute approximate surface area is 124 Å². The van der Waals surface area contributed by atoms with E-state index in [-0.39, 0.29) is 17.4 Å². The Kier molecular flexibility index (Phi) is 4.81. The molecular weight excluding hydrogens is 292 g/mol. The van der Waals surface area contributed by atoms with Gasteiger partial charge >= 0.3 is 0 Å². The monoisotopic (exact) mass is 312 g/mol. The predicted octanol–water partition coefficient (Wildman–Crippen LogP) is 0.964. The number of pyridine rings is 1. The first-order valence-corrected chi connectivity index (χ1v) is 8.26. The Bertz CT molecular complexity index is 711. The molecule has 0 bridgehead atoms. The fraction of sp³-hybridized carbons (Fsp3) is 0.462. The molecule has 0 aliphatic rings. The second-order valence-corrected chi connectivity index (χ2v) is 6.28. The molecule has 8 heteroatoms. The highest BCUT2D eigenvalue weighted by molar-refractivity contribution is 7.89. The van der Waals surface area contributed by atoms with Crippen LogP contribution in [0.25, 0.3) is 5.65 Å². The highest BCUT2D eigenvalue weighted by atomic mass is 32.2. The normalized spacial score (nSPS) is 12.3. The van der Waals surface area contributed by atoms with Crippen molar-refractivity contribution in [3.63, 3.8) is 0 Å². The largest absolute Gasteiger partial charge is 0.381 e. The number of rotatable bonds is 7. The molecule has 7 nitrogen and oxygen atoms in total. The van der Waals surface area contributed by atoms with Crippen LogP contribution in [0.15, 0.2) is 29.4 Å². The van der Waals surface area contributed by atoms with Gasteiger partial charge in [-0.25, -0.2) is 13.4 Å². The zero-order valence-electron chi connectivity index (χ0n) is 12.2. The molecule has 2 aromatic heterocycles. The zero-order chi connectivity index (χ0) is 15.5. The van der Waals surface area contributed by atoms with E-state index >= 15 is 0 Å². The van der Waals surface area contributed by atoms with Crippen LogP contribution in [-0.2, 0) is 14.8 Å². The summed E-state index contributed by atoms with van der Waals surface area (Å²) in [6.45, 7) is 5.17. The Hall–Kier alpha value is -1.64. The molecule has 0 aromatic carbocycles. The summed E-state index contributed by atoms with van der Waals surface area (Å²) in [5.74, 6) is 0.0102. The van der Waals surface area contributed by atoms with Crippen LogP contribution in [0.4, 0.5) is 5.82 Å². The summed E-state index contributed by atoms with van der Waals surface area (Å²) in [5.41, 5.74) is 6.33. The fourth-order valence-electron chi connectivity index (χ4n) is 2.13. The number of fused-ring (bicyclic) bond motifs is 1. The van der Waals surface area contributed by atoms with Crippen molar-refractivity contribution in [3.05, 3.63) is 24.4 Å². The van der Waals surface area contributed by atoms with Crippen LogP contribution >= 0.6 is 0 Å². The summed E-state index contributed by atoms with van der Waals surface area (Å²) in [6, 6.07) is 5.24. The molecule has 116 valence electrons. The van der Waals surface area contributed by atoms with E-state index in [2.05, 4.69) is 4.98 Å². The maximum absolute atomic E-state index is 12.8. The van der Waals surface area contributed by atoms with Crippen molar-refractivity contribution in [3.8, 4) is 0 Å². The molecule has 0 saturated carbocycles. The van der Waals surface area contributed by atoms with Gasteiger partial charge in [0.25, 0.3) is 10.0 Å². The number of imidazole rings is 1. The van der Waals surface area contributed by atoms with Crippen LogP contribution in [0.1, 0.15) is 13.8 Å². The lowest BCUT2D eigenvalue weighted by atomic mass is 10.5. The second-order valence-electron chi connectivity index (χ2n) is 4.42. The summed E-state index contributed by atoms with van der Waals surface area (Å²) in [6.07, 6.45) is 1.64. The van der Waals surface area contributed by atoms with Gasteiger partial charge in [0.1, 0.15) is 5.65 Å². The molecule has 2 heterocycles. The van der Waals surface area contributed by atoms with E-state index in [1.54, 1.807) is 31.3 Å². The first-order valence-electron chi connectivity index (χ1n) is 6.82. The molecular formula is C13H20N4O3S. The van der Waals surface area contributed by atoms with E-state index in [4.69, 9.17) is 10.5 Å². The van der Waals surface area contributed by atoms with E-state index in [1.807, 2.05) is 6.92 Å². The molecule has 21 heavy (non-hydrogen) atoms. The van der Waals surface area contributed by atoms with Crippen LogP contribution in [0, 0.1) is 0 Å². The smallest absolute Gasteiger partial charge is 0.262 e. The minimum Gasteiger partial charge on any atom is -0.381 e. The number of nitrogen functional groups attached to an aromatic ring is 1. The summed E-state index contributed by atoms with van der Waals surface area (Å²) in [4.78, 5) is 4.10. The molecule has 2 aromatic rings. The van der Waals surface area contributed by atoms with E-state index < -0.39 is 10.0 Å². The molecule has 0 amide bonds. The number of sulfonamides is 1. The van der Waals surface area contributed by atoms with Gasteiger partial charge in [0.05, 0.1) is 6.61 Å². The Morgan fingerprint density at radius 3 is 2.81 bits per heavy atom. The maximum Gasteiger partial charge on any atom is 0.262 e. The zero-order valence-corrected chi connectivity index (χ0v) is 13.0. The van der Waals surface area contributed by atoms with Crippen molar-refractivity contribution in [2.45, 2.75) is 18.9 Å². The van der Waals surface area contributed by atoms with Crippen molar-refractivity contribution in [2.75, 3.05) is 32.0 Å². The Balaban J connectivity index is 2.42. The number of nitrogens with two attached hydrogens (primary N) is 1. The third-order valence-electron chi connectivity index (χ3n) is 3.14. The summed E-state index contributed by atoms with van der Waals surface area (Å²) in [5, 5.41) is 0.0106. The van der Waals surface area contributed by atoms with Gasteiger partial charge in [-0.2, -0.15) is 4.31 Å². The first-order chi connectivity index (χ1) is 10.0. The average molecular weight is 312 g/mol. The van der Waals surface area contributed by atoms with Gasteiger partial charge in [-0.1, -0.05) is 13.0 Å². The molecule has 2 N–H and O–H groups in total. The van der Waals surface area contributed by atoms with Gasteiger partial charge in [-0.15, -0.1) is 0 Å². The van der Waals surface area contributed by atoms with E-state index in [1.165, 1.54) is 8.71 Å². The molecule has 0 aliphatic heterocycles. The molecule has 0 spiro atoms. The van der Waals surface area contributed by atoms with Crippen LogP contribution in [0.5, 0.6) is 0 Å². The third-order valence-corrected chi connectivity index (χ3v) is 5.15. The number of hydrogen-bond donors (Lipinski definition) is 1. The Morgan fingerprint density at radius 2 is 2.14 bits per heavy atom.